The van der Waals surface area contributed by atoms with Gasteiger partial charge in [0, 0.05) is 16.7 Å². The Morgan fingerprint density at radius 1 is 0.644 bits per heavy atom. The summed E-state index contributed by atoms with van der Waals surface area (Å²) in [6.45, 7) is 11.1. The summed E-state index contributed by atoms with van der Waals surface area (Å²) in [5.74, 6) is 1.06. The van der Waals surface area contributed by atoms with Crippen LogP contribution in [0.1, 0.15) is 74.6 Å². The van der Waals surface area contributed by atoms with E-state index in [1.54, 1.807) is 0 Å². The Morgan fingerprint density at radius 3 is 1.39 bits per heavy atom. The van der Waals surface area contributed by atoms with Crippen molar-refractivity contribution in [2.45, 2.75) is 95.8 Å². The van der Waals surface area contributed by atoms with Crippen molar-refractivity contribution in [3.05, 3.63) is 155 Å². The van der Waals surface area contributed by atoms with Gasteiger partial charge in [-0.15, -0.1) is 0 Å². The van der Waals surface area contributed by atoms with Gasteiger partial charge in [-0.05, 0) is 59.4 Å². The topological polar surface area (TPSA) is 79.2 Å². The summed E-state index contributed by atoms with van der Waals surface area (Å²) < 4.78 is 42.4. The van der Waals surface area contributed by atoms with Crippen LogP contribution in [0.2, 0.25) is 0 Å². The molecular weight excluding hydrogens is 801 g/mol. The molecule has 318 valence electrons. The second kappa shape index (κ2) is 29.9. The Bertz CT molecular complexity index is 1600. The van der Waals surface area contributed by atoms with Crippen LogP contribution in [0.3, 0.4) is 0 Å². The molecule has 1 fully saturated rings. The van der Waals surface area contributed by atoms with E-state index < -0.39 is 0 Å². The van der Waals surface area contributed by atoms with Gasteiger partial charge in [0.15, 0.2) is 0 Å². The molecule has 0 amide bonds. The number of rotatable bonds is 22. The molecule has 59 heavy (non-hydrogen) atoms. The van der Waals surface area contributed by atoms with Gasteiger partial charge in [0.25, 0.3) is 0 Å². The van der Waals surface area contributed by atoms with Gasteiger partial charge in [0.05, 0.1) is 78.3 Å². The summed E-state index contributed by atoms with van der Waals surface area (Å²) in [5, 5.41) is 5.75. The van der Waals surface area contributed by atoms with Crippen molar-refractivity contribution in [3.63, 3.8) is 0 Å². The molecule has 4 unspecified atom stereocenters. The number of hydrogen-bond donors (Lipinski definition) is 1. The van der Waals surface area contributed by atoms with Crippen LogP contribution >= 0.6 is 15.9 Å². The number of hydrogen-bond acceptors (Lipinski definition) is 7. The van der Waals surface area contributed by atoms with Crippen molar-refractivity contribution >= 4 is 23.5 Å². The van der Waals surface area contributed by atoms with Gasteiger partial charge in [-0.3, -0.25) is 0 Å². The van der Waals surface area contributed by atoms with E-state index in [-0.39, 0.29) is 24.0 Å². The first kappa shape index (κ1) is 46.8. The van der Waals surface area contributed by atoms with Crippen LogP contribution in [-0.2, 0) is 54.8 Å². The molecule has 0 aliphatic carbocycles. The first-order valence-electron chi connectivity index (χ1n) is 22.0. The van der Waals surface area contributed by atoms with E-state index in [0.717, 1.165) is 32.5 Å². The Hall–Kier alpha value is -3.28. The van der Waals surface area contributed by atoms with Crippen molar-refractivity contribution in [3.8, 4) is 0 Å². The zero-order chi connectivity index (χ0) is 42.5. The molecule has 2 aliphatic heterocycles. The van der Waals surface area contributed by atoms with E-state index in [2.05, 4.69) is 84.4 Å². The van der Waals surface area contributed by atoms with Gasteiger partial charge in [-0.25, -0.2) is 0 Å². The van der Waals surface area contributed by atoms with E-state index in [1.807, 2.05) is 72.8 Å². The van der Waals surface area contributed by atoms with Crippen LogP contribution in [0.25, 0.3) is 0 Å². The second-order valence-corrected chi connectivity index (χ2v) is 16.6. The number of ether oxygens (including phenoxy) is 6. The third kappa shape index (κ3) is 18.9. The normalized spacial score (nSPS) is 19.1. The predicted molar refractivity (Wildman–Crippen MR) is 244 cm³/mol. The third-order valence-electron chi connectivity index (χ3n) is 10.7. The molecule has 0 bridgehead atoms. The van der Waals surface area contributed by atoms with Gasteiger partial charge in [0.1, 0.15) is 0 Å². The maximum atomic E-state index is 6.29. The minimum absolute atomic E-state index is 0.159. The summed E-state index contributed by atoms with van der Waals surface area (Å²) in [5.41, 5.74) is 6.21. The maximum absolute atomic E-state index is 6.29. The molecule has 1 saturated heterocycles. The summed E-state index contributed by atoms with van der Waals surface area (Å²) >= 11 is 3.91. The number of alkyl halides is 1. The van der Waals surface area contributed by atoms with Gasteiger partial charge >= 0.3 is 14.3 Å². The summed E-state index contributed by atoms with van der Waals surface area (Å²) in [6.07, 6.45) is 9.36. The number of benzene rings is 4. The van der Waals surface area contributed by atoms with Crippen molar-refractivity contribution in [1.82, 2.24) is 0 Å². The molecular formula is C50H67BBrNO6. The van der Waals surface area contributed by atoms with Gasteiger partial charge < -0.3 is 28.4 Å². The van der Waals surface area contributed by atoms with Gasteiger partial charge in [0.2, 0.25) is 0 Å². The zero-order valence-electron chi connectivity index (χ0n) is 36.3. The Balaban J connectivity index is 0.000000249. The first-order valence-corrected chi connectivity index (χ1v) is 22.3. The van der Waals surface area contributed by atoms with E-state index in [1.165, 1.54) is 47.1 Å². The van der Waals surface area contributed by atoms with Crippen LogP contribution in [-0.4, -0.2) is 65.6 Å². The van der Waals surface area contributed by atoms with Crippen LogP contribution in [0, 0.1) is 23.1 Å². The summed E-state index contributed by atoms with van der Waals surface area (Å²) in [6, 6.07) is 41.3. The fourth-order valence-electron chi connectivity index (χ4n) is 7.38. The molecule has 7 nitrogen and oxygen atoms in total. The molecule has 1 N–H and O–H groups in total. The Morgan fingerprint density at radius 2 is 1.05 bits per heavy atom. The average Bonchev–Trinajstić information content (AvgIpc) is 3.28. The molecule has 2 heterocycles. The van der Waals surface area contributed by atoms with Crippen LogP contribution < -0.4 is 0 Å². The van der Waals surface area contributed by atoms with Crippen LogP contribution in [0.5, 0.6) is 0 Å². The first-order chi connectivity index (χ1) is 29.5. The standard InChI is InChI=1S/C25H33BrO3.C25H32O3.BH2N/c1-2-9-22-19-29-25(14-24(22)26)23(17-27-15-20-10-5-3-6-11-20)18-28-16-21-12-7-4-8-13-21;1-2-9-21-14-15-25(28-18-21)24(19-26-16-22-10-5-3-6-11-22)20-27-17-23-12-7-4-8-13-23;1-2/h3-8,10-13,22-25H,2,9,14-19H2,1H3;3-8,10-14,24-25H,2,9,15-20H2,1H3;1-2H/i;;1D. The van der Waals surface area contributed by atoms with E-state index in [0.29, 0.717) is 71.2 Å². The molecule has 4 aromatic carbocycles. The fourth-order valence-corrected chi connectivity index (χ4v) is 8.17. The quantitative estimate of drug-likeness (QED) is 0.0481. The van der Waals surface area contributed by atoms with E-state index >= 15 is 0 Å². The molecule has 4 atom stereocenters. The molecule has 6 rings (SSSR count). The van der Waals surface area contributed by atoms with Crippen molar-refractivity contribution < 1.29 is 28.4 Å². The number of nitrogens with one attached hydrogen (secondary N) is 1. The predicted octanol–water partition coefficient (Wildman–Crippen LogP) is 11.2. The fraction of sp³-hybridized carbons (Fsp3) is 0.480. The van der Waals surface area contributed by atoms with Crippen molar-refractivity contribution in [1.29, 1.82) is 6.65 Å². The zero-order valence-corrected chi connectivity index (χ0v) is 36.9. The Labute approximate surface area is 365 Å². The molecule has 0 saturated carbocycles. The SMILES string of the molecule is CCCC1=CCC(C(COCc2ccccc2)COCc2ccccc2)OC1.CCCC1COC(C(COCc2ccccc2)COCc2ccccc2)CC1Br.[2H]B=N. The monoisotopic (exact) mass is 868 g/mol. The van der Waals surface area contributed by atoms with Crippen LogP contribution in [0.15, 0.2) is 133 Å². The number of halogens is 1. The van der Waals surface area contributed by atoms with E-state index in [4.69, 9.17) is 35.1 Å². The Kier molecular flexibility index (Phi) is 23.7. The third-order valence-corrected chi connectivity index (χ3v) is 11.8. The molecule has 0 aromatic heterocycles. The summed E-state index contributed by atoms with van der Waals surface area (Å²) in [7, 11) is 0.500. The average molecular weight is 870 g/mol. The molecule has 0 spiro atoms. The molecule has 0 radical (unpaired) electrons. The van der Waals surface area contributed by atoms with Gasteiger partial charge in [-0.2, -0.15) is 0 Å². The summed E-state index contributed by atoms with van der Waals surface area (Å²) in [4.78, 5) is 0.506. The minimum atomic E-state index is 0.159. The van der Waals surface area contributed by atoms with E-state index in [9.17, 15) is 0 Å². The second-order valence-electron chi connectivity index (χ2n) is 15.4. The molecule has 9 heteroatoms. The molecule has 2 aliphatic rings. The van der Waals surface area contributed by atoms with Crippen molar-refractivity contribution in [2.75, 3.05) is 39.6 Å². The van der Waals surface area contributed by atoms with Gasteiger partial charge in [-0.1, -0.05) is 170 Å². The van der Waals surface area contributed by atoms with Crippen molar-refractivity contribution in [2.24, 2.45) is 17.8 Å². The van der Waals surface area contributed by atoms with Crippen LogP contribution in [0.4, 0.5) is 0 Å². The molecule has 4 aromatic rings.